The number of carboxylic acids is 1. The second-order valence-electron chi connectivity index (χ2n) is 6.35. The zero-order valence-corrected chi connectivity index (χ0v) is 16.3. The second kappa shape index (κ2) is 6.79. The van der Waals surface area contributed by atoms with Crippen molar-refractivity contribution < 1.29 is 9.90 Å². The van der Waals surface area contributed by atoms with Gasteiger partial charge < -0.3 is 9.67 Å². The maximum atomic E-state index is 11.5. The number of carbonyl (C=O) groups is 1. The SMILES string of the molecule is Cc1cc2nc(-c3nccn3C)sc2c(-c2ccc(Cl)cc2)c1CC(=O)O. The van der Waals surface area contributed by atoms with Crippen molar-refractivity contribution in [2.75, 3.05) is 0 Å². The summed E-state index contributed by atoms with van der Waals surface area (Å²) in [6, 6.07) is 9.42. The number of aliphatic carboxylic acids is 1. The molecule has 7 heteroatoms. The van der Waals surface area contributed by atoms with Crippen molar-refractivity contribution in [3.63, 3.8) is 0 Å². The summed E-state index contributed by atoms with van der Waals surface area (Å²) in [6.07, 6.45) is 3.57. The summed E-state index contributed by atoms with van der Waals surface area (Å²) in [5.74, 6) is -0.0720. The maximum absolute atomic E-state index is 11.5. The number of benzene rings is 2. The van der Waals surface area contributed by atoms with Crippen molar-refractivity contribution in [1.82, 2.24) is 14.5 Å². The van der Waals surface area contributed by atoms with Gasteiger partial charge in [-0.3, -0.25) is 4.79 Å². The van der Waals surface area contributed by atoms with Gasteiger partial charge >= 0.3 is 5.97 Å². The first-order valence-corrected chi connectivity index (χ1v) is 9.52. The molecule has 2 aromatic heterocycles. The number of nitrogens with zero attached hydrogens (tertiary/aromatic N) is 3. The first-order valence-electron chi connectivity index (χ1n) is 8.32. The van der Waals surface area contributed by atoms with Gasteiger partial charge in [-0.15, -0.1) is 11.3 Å². The van der Waals surface area contributed by atoms with Crippen molar-refractivity contribution in [2.24, 2.45) is 7.05 Å². The van der Waals surface area contributed by atoms with Crippen LogP contribution in [0.4, 0.5) is 0 Å². The minimum absolute atomic E-state index is 0.0463. The summed E-state index contributed by atoms with van der Waals surface area (Å²) in [4.78, 5) is 20.6. The Labute approximate surface area is 164 Å². The van der Waals surface area contributed by atoms with Gasteiger partial charge in [0.15, 0.2) is 10.8 Å². The van der Waals surface area contributed by atoms with Gasteiger partial charge in [0.25, 0.3) is 0 Å². The Kier molecular flexibility index (Phi) is 4.45. The molecular formula is C20H16ClN3O2S. The highest BCUT2D eigenvalue weighted by atomic mass is 35.5. The van der Waals surface area contributed by atoms with Gasteiger partial charge in [-0.25, -0.2) is 9.97 Å². The molecular weight excluding hydrogens is 382 g/mol. The molecule has 0 amide bonds. The summed E-state index contributed by atoms with van der Waals surface area (Å²) < 4.78 is 2.88. The molecule has 2 aromatic carbocycles. The number of imidazole rings is 1. The molecule has 0 radical (unpaired) electrons. The van der Waals surface area contributed by atoms with E-state index in [0.717, 1.165) is 43.3 Å². The number of rotatable bonds is 4. The standard InChI is InChI=1S/C20H16ClN3O2S/c1-11-9-15-18(27-20(23-15)19-22-7-8-24(19)2)17(14(11)10-16(25)26)12-3-5-13(21)6-4-12/h3-9H,10H2,1-2H3,(H,25,26). The van der Waals surface area contributed by atoms with Crippen molar-refractivity contribution in [3.8, 4) is 22.0 Å². The number of aromatic nitrogens is 3. The van der Waals surface area contributed by atoms with Gasteiger partial charge in [-0.1, -0.05) is 23.7 Å². The maximum Gasteiger partial charge on any atom is 0.307 e. The molecule has 0 aliphatic heterocycles. The molecule has 136 valence electrons. The van der Waals surface area contributed by atoms with Crippen molar-refractivity contribution >= 4 is 39.1 Å². The quantitative estimate of drug-likeness (QED) is 0.528. The Bertz CT molecular complexity index is 1160. The number of carboxylic acid groups (broad SMARTS) is 1. The summed E-state index contributed by atoms with van der Waals surface area (Å²) in [5, 5.41) is 10.9. The second-order valence-corrected chi connectivity index (χ2v) is 7.79. The minimum atomic E-state index is -0.860. The lowest BCUT2D eigenvalue weighted by Gasteiger charge is -2.13. The van der Waals surface area contributed by atoms with Crippen LogP contribution in [0.1, 0.15) is 11.1 Å². The lowest BCUT2D eigenvalue weighted by Crippen LogP contribution is -2.04. The van der Waals surface area contributed by atoms with Crippen LogP contribution < -0.4 is 0 Å². The third-order valence-electron chi connectivity index (χ3n) is 4.48. The van der Waals surface area contributed by atoms with Gasteiger partial charge in [-0.2, -0.15) is 0 Å². The molecule has 0 unspecified atom stereocenters. The molecule has 0 bridgehead atoms. The summed E-state index contributed by atoms with van der Waals surface area (Å²) in [5.41, 5.74) is 4.38. The van der Waals surface area contributed by atoms with E-state index in [4.69, 9.17) is 16.6 Å². The Morgan fingerprint density at radius 3 is 2.67 bits per heavy atom. The number of hydrogen-bond donors (Lipinski definition) is 1. The Morgan fingerprint density at radius 2 is 2.04 bits per heavy atom. The van der Waals surface area contributed by atoms with Crippen LogP contribution >= 0.6 is 22.9 Å². The van der Waals surface area contributed by atoms with Crippen molar-refractivity contribution in [1.29, 1.82) is 0 Å². The van der Waals surface area contributed by atoms with Crippen LogP contribution in [-0.2, 0) is 18.3 Å². The zero-order chi connectivity index (χ0) is 19.1. The van der Waals surface area contributed by atoms with Gasteiger partial charge in [0.05, 0.1) is 16.6 Å². The molecule has 1 N–H and O–H groups in total. The van der Waals surface area contributed by atoms with Gasteiger partial charge in [-0.05, 0) is 41.8 Å². The highest BCUT2D eigenvalue weighted by molar-refractivity contribution is 7.22. The van der Waals surface area contributed by atoms with Crippen LogP contribution in [0.2, 0.25) is 5.02 Å². The smallest absolute Gasteiger partial charge is 0.307 e. The lowest BCUT2D eigenvalue weighted by atomic mass is 9.93. The largest absolute Gasteiger partial charge is 0.481 e. The van der Waals surface area contributed by atoms with Crippen LogP contribution in [0.3, 0.4) is 0 Å². The van der Waals surface area contributed by atoms with E-state index < -0.39 is 5.97 Å². The molecule has 4 rings (SSSR count). The Morgan fingerprint density at radius 1 is 1.30 bits per heavy atom. The Hall–Kier alpha value is -2.70. The Balaban J connectivity index is 2.03. The molecule has 0 saturated carbocycles. The third-order valence-corrected chi connectivity index (χ3v) is 5.82. The van der Waals surface area contributed by atoms with Crippen LogP contribution in [0.15, 0.2) is 42.7 Å². The van der Waals surface area contributed by atoms with E-state index >= 15 is 0 Å². The lowest BCUT2D eigenvalue weighted by molar-refractivity contribution is -0.136. The predicted molar refractivity (Wildman–Crippen MR) is 108 cm³/mol. The molecule has 4 aromatic rings. The highest BCUT2D eigenvalue weighted by Crippen LogP contribution is 2.40. The van der Waals surface area contributed by atoms with Crippen molar-refractivity contribution in [2.45, 2.75) is 13.3 Å². The molecule has 0 spiro atoms. The van der Waals surface area contributed by atoms with E-state index in [1.54, 1.807) is 6.20 Å². The number of thiazole rings is 1. The number of aryl methyl sites for hydroxylation is 2. The minimum Gasteiger partial charge on any atom is -0.481 e. The van der Waals surface area contributed by atoms with E-state index in [9.17, 15) is 9.90 Å². The normalized spacial score (nSPS) is 11.2. The van der Waals surface area contributed by atoms with E-state index in [0.29, 0.717) is 5.02 Å². The average Bonchev–Trinajstić information content (AvgIpc) is 3.22. The summed E-state index contributed by atoms with van der Waals surface area (Å²) in [6.45, 7) is 1.93. The van der Waals surface area contributed by atoms with Crippen molar-refractivity contribution in [3.05, 3.63) is 58.9 Å². The topological polar surface area (TPSA) is 68.0 Å². The average molecular weight is 398 g/mol. The number of halogens is 1. The van der Waals surface area contributed by atoms with E-state index in [-0.39, 0.29) is 6.42 Å². The molecule has 0 atom stereocenters. The molecule has 0 saturated heterocycles. The number of hydrogen-bond acceptors (Lipinski definition) is 4. The van der Waals surface area contributed by atoms with Crippen LogP contribution in [0.5, 0.6) is 0 Å². The molecule has 5 nitrogen and oxygen atoms in total. The van der Waals surface area contributed by atoms with Crippen LogP contribution in [0, 0.1) is 6.92 Å². The van der Waals surface area contributed by atoms with Gasteiger partial charge in [0.2, 0.25) is 0 Å². The fourth-order valence-corrected chi connectivity index (χ4v) is 4.51. The van der Waals surface area contributed by atoms with E-state index in [2.05, 4.69) is 4.98 Å². The molecule has 2 heterocycles. The number of fused-ring (bicyclic) bond motifs is 1. The fraction of sp³-hybridized carbons (Fsp3) is 0.150. The zero-order valence-electron chi connectivity index (χ0n) is 14.7. The first-order chi connectivity index (χ1) is 12.9. The van der Waals surface area contributed by atoms with E-state index in [1.807, 2.05) is 55.1 Å². The predicted octanol–water partition coefficient (Wildman–Crippen LogP) is 4.95. The van der Waals surface area contributed by atoms with E-state index in [1.165, 1.54) is 11.3 Å². The third kappa shape index (κ3) is 3.22. The fourth-order valence-electron chi connectivity index (χ4n) is 3.20. The van der Waals surface area contributed by atoms with Crippen LogP contribution in [-0.4, -0.2) is 25.6 Å². The first kappa shape index (κ1) is 17.7. The van der Waals surface area contributed by atoms with Crippen LogP contribution in [0.25, 0.3) is 32.2 Å². The highest BCUT2D eigenvalue weighted by Gasteiger charge is 2.20. The van der Waals surface area contributed by atoms with Gasteiger partial charge in [0, 0.05) is 30.0 Å². The molecule has 0 aliphatic rings. The summed E-state index contributed by atoms with van der Waals surface area (Å²) in [7, 11) is 1.93. The molecule has 0 aliphatic carbocycles. The van der Waals surface area contributed by atoms with Gasteiger partial charge in [0.1, 0.15) is 0 Å². The molecule has 27 heavy (non-hydrogen) atoms. The summed E-state index contributed by atoms with van der Waals surface area (Å²) >= 11 is 7.57. The monoisotopic (exact) mass is 397 g/mol. The molecule has 0 fully saturated rings.